The molecule has 0 aliphatic carbocycles. The van der Waals surface area contributed by atoms with Gasteiger partial charge in [0.15, 0.2) is 0 Å². The maximum Gasteiger partial charge on any atom is 0.224 e. The van der Waals surface area contributed by atoms with E-state index in [1.165, 1.54) is 16.2 Å². The molecule has 1 saturated heterocycles. The minimum atomic E-state index is -0.467. The zero-order valence-corrected chi connectivity index (χ0v) is 21.6. The fourth-order valence-electron chi connectivity index (χ4n) is 5.32. The molecular formula is C33H35N3O2. The van der Waals surface area contributed by atoms with Crippen molar-refractivity contribution in [2.24, 2.45) is 17.6 Å². The van der Waals surface area contributed by atoms with Gasteiger partial charge in [-0.15, -0.1) is 0 Å². The molecule has 2 atom stereocenters. The summed E-state index contributed by atoms with van der Waals surface area (Å²) in [7, 11) is 0. The molecule has 0 aromatic heterocycles. The van der Waals surface area contributed by atoms with Crippen molar-refractivity contribution >= 4 is 33.4 Å². The van der Waals surface area contributed by atoms with Crippen molar-refractivity contribution in [2.75, 3.05) is 13.1 Å². The van der Waals surface area contributed by atoms with Gasteiger partial charge in [0.1, 0.15) is 0 Å². The molecular weight excluding hydrogens is 470 g/mol. The van der Waals surface area contributed by atoms with E-state index in [1.807, 2.05) is 36.4 Å². The Balaban J connectivity index is 1.36. The van der Waals surface area contributed by atoms with Crippen LogP contribution in [0.15, 0.2) is 97.1 Å². The lowest BCUT2D eigenvalue weighted by Crippen LogP contribution is -2.43. The molecule has 4 N–H and O–H groups in total. The second kappa shape index (κ2) is 12.1. The van der Waals surface area contributed by atoms with E-state index in [0.29, 0.717) is 12.8 Å². The zero-order chi connectivity index (χ0) is 26.3. The van der Waals surface area contributed by atoms with Gasteiger partial charge in [-0.05, 0) is 71.4 Å². The monoisotopic (exact) mass is 505 g/mol. The molecule has 2 amide bonds. The molecule has 4 aromatic carbocycles. The Hall–Kier alpha value is -3.96. The predicted molar refractivity (Wildman–Crippen MR) is 155 cm³/mol. The van der Waals surface area contributed by atoms with Gasteiger partial charge in [-0.25, -0.2) is 0 Å². The lowest BCUT2D eigenvalue weighted by molar-refractivity contribution is -0.126. The van der Waals surface area contributed by atoms with Gasteiger partial charge in [0.2, 0.25) is 11.8 Å². The molecule has 0 spiro atoms. The maximum absolute atomic E-state index is 13.1. The number of nitrogens with two attached hydrogens (primary N) is 1. The van der Waals surface area contributed by atoms with Crippen LogP contribution in [0.2, 0.25) is 0 Å². The zero-order valence-electron chi connectivity index (χ0n) is 21.6. The highest BCUT2D eigenvalue weighted by Crippen LogP contribution is 2.21. The molecule has 0 saturated carbocycles. The number of carbonyl (C=O) groups excluding carboxylic acids is 2. The summed E-state index contributed by atoms with van der Waals surface area (Å²) < 4.78 is 0. The van der Waals surface area contributed by atoms with Gasteiger partial charge in [0.25, 0.3) is 0 Å². The molecule has 1 fully saturated rings. The van der Waals surface area contributed by atoms with Crippen molar-refractivity contribution in [3.63, 3.8) is 0 Å². The van der Waals surface area contributed by atoms with Crippen LogP contribution in [-0.4, -0.2) is 30.9 Å². The lowest BCUT2D eigenvalue weighted by Gasteiger charge is -2.24. The first-order valence-corrected chi connectivity index (χ1v) is 13.5. The van der Waals surface area contributed by atoms with Gasteiger partial charge < -0.3 is 16.4 Å². The molecule has 5 heteroatoms. The van der Waals surface area contributed by atoms with E-state index in [2.05, 4.69) is 71.3 Å². The molecule has 5 rings (SSSR count). The van der Waals surface area contributed by atoms with E-state index in [0.717, 1.165) is 42.4 Å². The number of fused-ring (bicyclic) bond motifs is 2. The SMILES string of the molecule is NC(=O)[C@H](/C=C/[C@@H](Cc1ccc2ccccc2c1)NC(=O)C1CCNCC1)Cc1ccc2ccccc2c1. The van der Waals surface area contributed by atoms with E-state index in [4.69, 9.17) is 5.73 Å². The van der Waals surface area contributed by atoms with Crippen LogP contribution in [0.5, 0.6) is 0 Å². The standard InChI is InChI=1S/C33H35N3O2/c34-32(37)30(21-23-9-11-25-5-1-3-7-28(25)19-23)13-14-31(36-33(38)27-15-17-35-18-16-27)22-24-10-12-26-6-2-4-8-29(26)20-24/h1-14,19-20,27,30-31,35H,15-18,21-22H2,(H2,34,37)(H,36,38)/b14-13+/t30-,31+/m1/s1. The highest BCUT2D eigenvalue weighted by molar-refractivity contribution is 5.84. The Kier molecular flexibility index (Phi) is 8.15. The Morgan fingerprint density at radius 1 is 0.789 bits per heavy atom. The number of piperidine rings is 1. The summed E-state index contributed by atoms with van der Waals surface area (Å²) in [4.78, 5) is 25.6. The van der Waals surface area contributed by atoms with Gasteiger partial charge in [0.05, 0.1) is 12.0 Å². The Morgan fingerprint density at radius 3 is 1.92 bits per heavy atom. The van der Waals surface area contributed by atoms with Gasteiger partial charge in [-0.3, -0.25) is 9.59 Å². The minimum Gasteiger partial charge on any atom is -0.369 e. The normalized spacial score (nSPS) is 16.0. The summed E-state index contributed by atoms with van der Waals surface area (Å²) in [6.45, 7) is 1.72. The highest BCUT2D eigenvalue weighted by atomic mass is 16.2. The number of nitrogens with one attached hydrogen (secondary N) is 2. The molecule has 1 aliphatic rings. The summed E-state index contributed by atoms with van der Waals surface area (Å²) >= 11 is 0. The van der Waals surface area contributed by atoms with Crippen LogP contribution in [0.3, 0.4) is 0 Å². The summed E-state index contributed by atoms with van der Waals surface area (Å²) in [5.74, 6) is -0.755. The number of primary amides is 1. The number of rotatable bonds is 9. The number of carbonyl (C=O) groups is 2. The quantitative estimate of drug-likeness (QED) is 0.282. The molecule has 5 nitrogen and oxygen atoms in total. The van der Waals surface area contributed by atoms with Crippen molar-refractivity contribution in [1.82, 2.24) is 10.6 Å². The van der Waals surface area contributed by atoms with E-state index in [9.17, 15) is 9.59 Å². The third-order valence-electron chi connectivity index (χ3n) is 7.52. The maximum atomic E-state index is 13.1. The molecule has 0 unspecified atom stereocenters. The molecule has 0 bridgehead atoms. The summed E-state index contributed by atoms with van der Waals surface area (Å²) in [5, 5.41) is 11.2. The summed E-state index contributed by atoms with van der Waals surface area (Å²) in [5.41, 5.74) is 8.02. The van der Waals surface area contributed by atoms with Crippen LogP contribution in [0.1, 0.15) is 24.0 Å². The third-order valence-corrected chi connectivity index (χ3v) is 7.52. The van der Waals surface area contributed by atoms with Gasteiger partial charge in [-0.1, -0.05) is 97.1 Å². The van der Waals surface area contributed by atoms with Crippen molar-refractivity contribution in [1.29, 1.82) is 0 Å². The number of amides is 2. The Bertz CT molecular complexity index is 1460. The van der Waals surface area contributed by atoms with Gasteiger partial charge in [0, 0.05) is 5.92 Å². The van der Waals surface area contributed by atoms with Gasteiger partial charge >= 0.3 is 0 Å². The van der Waals surface area contributed by atoms with Crippen molar-refractivity contribution < 1.29 is 9.59 Å². The molecule has 194 valence electrons. The topological polar surface area (TPSA) is 84.2 Å². The average molecular weight is 506 g/mol. The molecule has 1 aliphatic heterocycles. The van der Waals surface area contributed by atoms with E-state index >= 15 is 0 Å². The smallest absolute Gasteiger partial charge is 0.224 e. The summed E-state index contributed by atoms with van der Waals surface area (Å²) in [6, 6.07) is 28.9. The van der Waals surface area contributed by atoms with Crippen molar-refractivity contribution in [3.05, 3.63) is 108 Å². The van der Waals surface area contributed by atoms with Crippen LogP contribution in [0.4, 0.5) is 0 Å². The summed E-state index contributed by atoms with van der Waals surface area (Å²) in [6.07, 6.45) is 6.67. The van der Waals surface area contributed by atoms with E-state index in [1.54, 1.807) is 0 Å². The van der Waals surface area contributed by atoms with Crippen LogP contribution in [0, 0.1) is 11.8 Å². The molecule has 38 heavy (non-hydrogen) atoms. The molecule has 1 heterocycles. The minimum absolute atomic E-state index is 0.00768. The van der Waals surface area contributed by atoms with Crippen LogP contribution >= 0.6 is 0 Å². The van der Waals surface area contributed by atoms with Gasteiger partial charge in [-0.2, -0.15) is 0 Å². The first kappa shape index (κ1) is 25.7. The molecule has 4 aromatic rings. The Labute approximate surface area is 224 Å². The number of benzene rings is 4. The first-order valence-electron chi connectivity index (χ1n) is 13.5. The number of hydrogen-bond donors (Lipinski definition) is 3. The van der Waals surface area contributed by atoms with Crippen LogP contribution in [0.25, 0.3) is 21.5 Å². The first-order chi connectivity index (χ1) is 18.5. The van der Waals surface area contributed by atoms with E-state index < -0.39 is 5.92 Å². The fourth-order valence-corrected chi connectivity index (χ4v) is 5.32. The Morgan fingerprint density at radius 2 is 1.34 bits per heavy atom. The largest absolute Gasteiger partial charge is 0.369 e. The second-order valence-corrected chi connectivity index (χ2v) is 10.3. The lowest BCUT2D eigenvalue weighted by atomic mass is 9.93. The van der Waals surface area contributed by atoms with E-state index in [-0.39, 0.29) is 23.8 Å². The van der Waals surface area contributed by atoms with Crippen molar-refractivity contribution in [2.45, 2.75) is 31.7 Å². The number of hydrogen-bond acceptors (Lipinski definition) is 3. The third kappa shape index (κ3) is 6.48. The van der Waals surface area contributed by atoms with Crippen LogP contribution < -0.4 is 16.4 Å². The highest BCUT2D eigenvalue weighted by Gasteiger charge is 2.23. The second-order valence-electron chi connectivity index (χ2n) is 10.3. The van der Waals surface area contributed by atoms with Crippen molar-refractivity contribution in [3.8, 4) is 0 Å². The average Bonchev–Trinajstić information content (AvgIpc) is 2.95. The molecule has 0 radical (unpaired) electrons. The van der Waals surface area contributed by atoms with Crippen LogP contribution in [-0.2, 0) is 22.4 Å². The fraction of sp³-hybridized carbons (Fsp3) is 0.273. The predicted octanol–water partition coefficient (Wildman–Crippen LogP) is 4.92.